The maximum atomic E-state index is 11.7. The second kappa shape index (κ2) is 7.85. The summed E-state index contributed by atoms with van der Waals surface area (Å²) in [5, 5.41) is 2.88. The molecule has 1 aromatic rings. The Morgan fingerprint density at radius 3 is 2.75 bits per heavy atom. The fraction of sp³-hybridized carbons (Fsp3) is 0.636. The minimum Gasteiger partial charge on any atom is -0.383 e. The fourth-order valence-corrected chi connectivity index (χ4v) is 2.20. The van der Waals surface area contributed by atoms with Gasteiger partial charge in [-0.3, -0.25) is 18.6 Å². The van der Waals surface area contributed by atoms with Gasteiger partial charge in [0, 0.05) is 36.5 Å². The molecule has 1 atom stereocenters. The standard InChI is InChI=1S/C11H20N4O4S/c1-19-6-5-15-9(12)8(10(16)14-11(15)17)13-4-3-7-20(2)18/h13H,3-7,12H2,1-2H3,(H,14,16,17). The van der Waals surface area contributed by atoms with Crippen LogP contribution in [0.25, 0.3) is 0 Å². The molecule has 0 spiro atoms. The minimum atomic E-state index is -0.875. The van der Waals surface area contributed by atoms with E-state index >= 15 is 0 Å². The van der Waals surface area contributed by atoms with E-state index in [1.165, 1.54) is 11.7 Å². The van der Waals surface area contributed by atoms with Gasteiger partial charge in [0.2, 0.25) is 0 Å². The zero-order valence-corrected chi connectivity index (χ0v) is 12.4. The van der Waals surface area contributed by atoms with Crippen LogP contribution >= 0.6 is 0 Å². The van der Waals surface area contributed by atoms with Gasteiger partial charge in [0.25, 0.3) is 5.56 Å². The molecular formula is C11H20N4O4S. The highest BCUT2D eigenvalue weighted by molar-refractivity contribution is 7.84. The third-order valence-corrected chi connectivity index (χ3v) is 3.53. The first-order valence-corrected chi connectivity index (χ1v) is 7.85. The molecule has 8 nitrogen and oxygen atoms in total. The summed E-state index contributed by atoms with van der Waals surface area (Å²) in [5.41, 5.74) is 4.87. The number of nitrogens with two attached hydrogens (primary N) is 1. The number of hydrogen-bond acceptors (Lipinski definition) is 6. The Balaban J connectivity index is 2.87. The van der Waals surface area contributed by atoms with E-state index in [9.17, 15) is 13.8 Å². The van der Waals surface area contributed by atoms with Crippen molar-refractivity contribution in [2.24, 2.45) is 0 Å². The first-order valence-electron chi connectivity index (χ1n) is 6.12. The normalized spacial score (nSPS) is 12.3. The summed E-state index contributed by atoms with van der Waals surface area (Å²) in [5.74, 6) is 0.613. The number of ether oxygens (including phenoxy) is 1. The first kappa shape index (κ1) is 16.4. The Morgan fingerprint density at radius 1 is 1.45 bits per heavy atom. The zero-order valence-electron chi connectivity index (χ0n) is 11.6. The van der Waals surface area contributed by atoms with Crippen LogP contribution in [0.3, 0.4) is 0 Å². The molecule has 1 rings (SSSR count). The van der Waals surface area contributed by atoms with Crippen LogP contribution in [-0.2, 0) is 22.1 Å². The Morgan fingerprint density at radius 2 is 2.15 bits per heavy atom. The molecule has 4 N–H and O–H groups in total. The molecule has 1 unspecified atom stereocenters. The average molecular weight is 304 g/mol. The molecule has 1 aromatic heterocycles. The Kier molecular flexibility index (Phi) is 6.46. The van der Waals surface area contributed by atoms with Gasteiger partial charge in [0.05, 0.1) is 13.2 Å². The highest BCUT2D eigenvalue weighted by Gasteiger charge is 2.11. The summed E-state index contributed by atoms with van der Waals surface area (Å²) in [7, 11) is 0.635. The number of aromatic nitrogens is 2. The first-order chi connectivity index (χ1) is 9.47. The molecule has 0 bridgehead atoms. The van der Waals surface area contributed by atoms with Crippen LogP contribution in [0.4, 0.5) is 11.5 Å². The molecule has 0 aliphatic carbocycles. The average Bonchev–Trinajstić information content (AvgIpc) is 2.37. The third kappa shape index (κ3) is 4.49. The molecular weight excluding hydrogens is 284 g/mol. The van der Waals surface area contributed by atoms with Crippen molar-refractivity contribution in [2.45, 2.75) is 13.0 Å². The van der Waals surface area contributed by atoms with Gasteiger partial charge < -0.3 is 15.8 Å². The van der Waals surface area contributed by atoms with Crippen LogP contribution in [0.15, 0.2) is 9.59 Å². The quantitative estimate of drug-likeness (QED) is 0.527. The lowest BCUT2D eigenvalue weighted by Crippen LogP contribution is -2.35. The van der Waals surface area contributed by atoms with Gasteiger partial charge >= 0.3 is 5.69 Å². The lowest BCUT2D eigenvalue weighted by Gasteiger charge is -2.13. The Hall–Kier alpha value is -1.61. The van der Waals surface area contributed by atoms with Crippen LogP contribution in [0.2, 0.25) is 0 Å². The second-order valence-electron chi connectivity index (χ2n) is 4.22. The Bertz CT molecular complexity index is 581. The number of nitrogens with zero attached hydrogens (tertiary/aromatic N) is 1. The smallest absolute Gasteiger partial charge is 0.330 e. The van der Waals surface area contributed by atoms with Crippen LogP contribution in [-0.4, -0.2) is 46.0 Å². The zero-order chi connectivity index (χ0) is 15.1. The molecule has 0 saturated carbocycles. The summed E-state index contributed by atoms with van der Waals surface area (Å²) in [4.78, 5) is 25.6. The van der Waals surface area contributed by atoms with Crippen LogP contribution in [0.5, 0.6) is 0 Å². The van der Waals surface area contributed by atoms with Crippen molar-refractivity contribution in [3.8, 4) is 0 Å². The van der Waals surface area contributed by atoms with E-state index < -0.39 is 22.0 Å². The number of rotatable bonds is 8. The van der Waals surface area contributed by atoms with Crippen LogP contribution in [0.1, 0.15) is 6.42 Å². The van der Waals surface area contributed by atoms with Crippen LogP contribution < -0.4 is 22.3 Å². The number of anilines is 2. The number of hydrogen-bond donors (Lipinski definition) is 3. The van der Waals surface area contributed by atoms with Crippen molar-refractivity contribution in [3.63, 3.8) is 0 Å². The summed E-state index contributed by atoms with van der Waals surface area (Å²) in [6.45, 7) is 1.02. The lowest BCUT2D eigenvalue weighted by atomic mass is 10.4. The van der Waals surface area contributed by atoms with E-state index in [4.69, 9.17) is 10.5 Å². The van der Waals surface area contributed by atoms with Gasteiger partial charge in [-0.1, -0.05) is 0 Å². The third-order valence-electron chi connectivity index (χ3n) is 2.67. The van der Waals surface area contributed by atoms with Crippen molar-refractivity contribution in [3.05, 3.63) is 20.8 Å². The van der Waals surface area contributed by atoms with Gasteiger partial charge in [0.15, 0.2) is 0 Å². The second-order valence-corrected chi connectivity index (χ2v) is 5.78. The molecule has 114 valence electrons. The van der Waals surface area contributed by atoms with E-state index in [1.54, 1.807) is 6.26 Å². The van der Waals surface area contributed by atoms with Crippen molar-refractivity contribution >= 4 is 22.3 Å². The number of nitrogen functional groups attached to an aromatic ring is 1. The van der Waals surface area contributed by atoms with Gasteiger partial charge in [0.1, 0.15) is 11.5 Å². The summed E-state index contributed by atoms with van der Waals surface area (Å²) in [6.07, 6.45) is 2.26. The van der Waals surface area contributed by atoms with Gasteiger partial charge in [-0.15, -0.1) is 0 Å². The number of methoxy groups -OCH3 is 1. The van der Waals surface area contributed by atoms with E-state index in [2.05, 4.69) is 10.3 Å². The summed E-state index contributed by atoms with van der Waals surface area (Å²) < 4.78 is 17.1. The summed E-state index contributed by atoms with van der Waals surface area (Å²) >= 11 is 0. The Labute approximate surface area is 118 Å². The highest BCUT2D eigenvalue weighted by Crippen LogP contribution is 2.09. The molecule has 0 aromatic carbocycles. The number of H-pyrrole nitrogens is 1. The molecule has 1 heterocycles. The maximum Gasteiger partial charge on any atom is 0.330 e. The highest BCUT2D eigenvalue weighted by atomic mass is 32.2. The van der Waals surface area contributed by atoms with E-state index in [-0.39, 0.29) is 18.1 Å². The maximum absolute atomic E-state index is 11.7. The van der Waals surface area contributed by atoms with E-state index in [1.807, 2.05) is 0 Å². The number of nitrogens with one attached hydrogen (secondary N) is 2. The van der Waals surface area contributed by atoms with Crippen LogP contribution in [0, 0.1) is 0 Å². The molecule has 0 fully saturated rings. The largest absolute Gasteiger partial charge is 0.383 e. The molecule has 0 aliphatic heterocycles. The molecule has 0 amide bonds. The predicted molar refractivity (Wildman–Crippen MR) is 79.7 cm³/mol. The van der Waals surface area contributed by atoms with Crippen molar-refractivity contribution in [1.82, 2.24) is 9.55 Å². The van der Waals surface area contributed by atoms with Crippen molar-refractivity contribution in [1.29, 1.82) is 0 Å². The summed E-state index contributed by atoms with van der Waals surface area (Å²) in [6, 6.07) is 0. The van der Waals surface area contributed by atoms with Gasteiger partial charge in [-0.25, -0.2) is 4.79 Å². The number of aromatic amines is 1. The van der Waals surface area contributed by atoms with E-state index in [0.29, 0.717) is 25.3 Å². The monoisotopic (exact) mass is 304 g/mol. The van der Waals surface area contributed by atoms with Crippen molar-refractivity contribution < 1.29 is 8.95 Å². The molecule has 0 saturated heterocycles. The fourth-order valence-electron chi connectivity index (χ4n) is 1.65. The predicted octanol–water partition coefficient (Wildman–Crippen LogP) is -1.05. The van der Waals surface area contributed by atoms with Gasteiger partial charge in [-0.05, 0) is 6.42 Å². The molecule has 20 heavy (non-hydrogen) atoms. The SMILES string of the molecule is COCCn1c(N)c(NCCCS(C)=O)c(=O)[nH]c1=O. The minimum absolute atomic E-state index is 0.0772. The van der Waals surface area contributed by atoms with Crippen molar-refractivity contribution in [2.75, 3.05) is 43.3 Å². The molecule has 0 aliphatic rings. The van der Waals surface area contributed by atoms with Gasteiger partial charge in [-0.2, -0.15) is 0 Å². The lowest BCUT2D eigenvalue weighted by molar-refractivity contribution is 0.186. The molecule has 0 radical (unpaired) electrons. The topological polar surface area (TPSA) is 119 Å². The van der Waals surface area contributed by atoms with E-state index in [0.717, 1.165) is 0 Å². The molecule has 9 heteroatoms.